The van der Waals surface area contributed by atoms with Crippen LogP contribution in [0.25, 0.3) is 0 Å². The van der Waals surface area contributed by atoms with Gasteiger partial charge in [0, 0.05) is 21.8 Å². The third-order valence-electron chi connectivity index (χ3n) is 4.71. The number of aromatic carboxylic acids is 1. The average Bonchev–Trinajstić information content (AvgIpc) is 2.77. The molecule has 0 fully saturated rings. The van der Waals surface area contributed by atoms with Gasteiger partial charge in [-0.2, -0.15) is 12.8 Å². The number of sulfonamides is 1. The van der Waals surface area contributed by atoms with E-state index in [1.165, 1.54) is 54.6 Å². The normalized spacial score (nSPS) is 14.6. The Morgan fingerprint density at radius 1 is 0.906 bits per heavy atom. The molecule has 9 heteroatoms. The van der Waals surface area contributed by atoms with Crippen LogP contribution in [-0.2, 0) is 10.0 Å². The Morgan fingerprint density at radius 3 is 2.16 bits per heavy atom. The first-order valence-corrected chi connectivity index (χ1v) is 11.1. The van der Waals surface area contributed by atoms with E-state index in [1.807, 2.05) is 0 Å². The monoisotopic (exact) mass is 466 g/mol. The quantitative estimate of drug-likeness (QED) is 0.576. The van der Waals surface area contributed by atoms with Gasteiger partial charge in [0.15, 0.2) is 0 Å². The lowest BCUT2D eigenvalue weighted by Gasteiger charge is -2.19. The van der Waals surface area contributed by atoms with E-state index in [0.29, 0.717) is 21.8 Å². The Morgan fingerprint density at radius 2 is 1.53 bits per heavy atom. The minimum atomic E-state index is -4.07. The van der Waals surface area contributed by atoms with Crippen LogP contribution < -0.4 is 5.32 Å². The van der Waals surface area contributed by atoms with E-state index >= 15 is 0 Å². The van der Waals surface area contributed by atoms with Crippen LogP contribution >= 0.6 is 11.6 Å². The molecule has 7 nitrogen and oxygen atoms in total. The van der Waals surface area contributed by atoms with Crippen molar-refractivity contribution in [1.82, 2.24) is 0 Å². The number of nitrogens with one attached hydrogen (secondary N) is 1. The van der Waals surface area contributed by atoms with Crippen LogP contribution in [0.1, 0.15) is 26.3 Å². The van der Waals surface area contributed by atoms with Gasteiger partial charge in [-0.05, 0) is 54.6 Å². The molecule has 0 saturated heterocycles. The molecule has 1 aliphatic rings. The van der Waals surface area contributed by atoms with Gasteiger partial charge in [-0.25, -0.2) is 4.79 Å². The van der Waals surface area contributed by atoms with E-state index in [-0.39, 0.29) is 27.7 Å². The third-order valence-corrected chi connectivity index (χ3v) is 6.27. The highest BCUT2D eigenvalue weighted by Crippen LogP contribution is 2.25. The molecule has 4 rings (SSSR count). The summed E-state index contributed by atoms with van der Waals surface area (Å²) in [6.45, 7) is 0. The van der Waals surface area contributed by atoms with Crippen molar-refractivity contribution in [3.05, 3.63) is 106 Å². The lowest BCUT2D eigenvalue weighted by atomic mass is 9.92. The molecule has 3 aromatic rings. The topological polar surface area (TPSA) is 113 Å². The Labute approximate surface area is 188 Å². The zero-order chi connectivity index (χ0) is 22.9. The zero-order valence-electron chi connectivity index (χ0n) is 16.3. The van der Waals surface area contributed by atoms with E-state index in [0.717, 1.165) is 0 Å². The minimum Gasteiger partial charge on any atom is -0.478 e. The van der Waals surface area contributed by atoms with E-state index in [9.17, 15) is 18.0 Å². The molecule has 0 heterocycles. The maximum Gasteiger partial charge on any atom is 0.335 e. The molecule has 0 bridgehead atoms. The largest absolute Gasteiger partial charge is 0.478 e. The number of carboxylic acid groups (broad SMARTS) is 1. The van der Waals surface area contributed by atoms with Gasteiger partial charge >= 0.3 is 5.97 Å². The number of halogens is 1. The summed E-state index contributed by atoms with van der Waals surface area (Å²) in [5.74, 6) is -1.41. The minimum absolute atomic E-state index is 0.0315. The molecule has 3 aromatic carbocycles. The maximum absolute atomic E-state index is 13.0. The summed E-state index contributed by atoms with van der Waals surface area (Å²) in [5, 5.41) is 12.4. The zero-order valence-corrected chi connectivity index (χ0v) is 17.9. The van der Waals surface area contributed by atoms with Crippen LogP contribution in [0.5, 0.6) is 0 Å². The summed E-state index contributed by atoms with van der Waals surface area (Å²) in [6, 6.07) is 18.0. The van der Waals surface area contributed by atoms with Gasteiger partial charge in [0.25, 0.3) is 10.0 Å². The maximum atomic E-state index is 13.0. The number of carbonyl (C=O) groups excluding carboxylic acids is 1. The molecule has 0 atom stereocenters. The number of benzene rings is 3. The number of hydrogen-bond acceptors (Lipinski definition) is 5. The highest BCUT2D eigenvalue weighted by molar-refractivity contribution is 7.90. The lowest BCUT2D eigenvalue weighted by Crippen LogP contribution is -2.22. The van der Waals surface area contributed by atoms with Crippen molar-refractivity contribution in [3.63, 3.8) is 0 Å². The second-order valence-corrected chi connectivity index (χ2v) is 8.89. The van der Waals surface area contributed by atoms with E-state index in [2.05, 4.69) is 9.71 Å². The number of carboxylic acids is 1. The molecule has 0 amide bonds. The number of nitrogens with zero attached hydrogens (tertiary/aromatic N) is 1. The molecule has 160 valence electrons. The van der Waals surface area contributed by atoms with E-state index in [4.69, 9.17) is 16.7 Å². The molecule has 0 unspecified atom stereocenters. The summed E-state index contributed by atoms with van der Waals surface area (Å²) < 4.78 is 29.7. The first-order chi connectivity index (χ1) is 15.2. The van der Waals surface area contributed by atoms with Crippen molar-refractivity contribution in [3.8, 4) is 0 Å². The summed E-state index contributed by atoms with van der Waals surface area (Å²) in [5.41, 5.74) is 1.46. The summed E-state index contributed by atoms with van der Waals surface area (Å²) >= 11 is 5.84. The van der Waals surface area contributed by atoms with E-state index in [1.54, 1.807) is 24.3 Å². The standard InChI is InChI=1S/C23H15ClN2O5S/c24-15-7-11-17(12-8-15)32(30,31)26-20-13-21(22(27)19-4-2-1-3-18(19)20)25-16-9-5-14(6-10-16)23(28)29/h1-13,25H,(H,28,29)/b26-20-. The molecule has 1 aliphatic carbocycles. The van der Waals surface area contributed by atoms with Crippen LogP contribution in [0.3, 0.4) is 0 Å². The van der Waals surface area contributed by atoms with Crippen molar-refractivity contribution in [2.45, 2.75) is 4.90 Å². The first kappa shape index (κ1) is 21.5. The second-order valence-electron chi connectivity index (χ2n) is 6.85. The third kappa shape index (κ3) is 4.32. The van der Waals surface area contributed by atoms with E-state index < -0.39 is 16.0 Å². The Hall–Kier alpha value is -3.75. The van der Waals surface area contributed by atoms with Gasteiger partial charge in [0.1, 0.15) is 0 Å². The summed E-state index contributed by atoms with van der Waals surface area (Å²) in [6.07, 6.45) is 1.36. The summed E-state index contributed by atoms with van der Waals surface area (Å²) in [7, 11) is -4.07. The Bertz CT molecular complexity index is 1390. The van der Waals surface area contributed by atoms with Crippen LogP contribution in [0.4, 0.5) is 5.69 Å². The SMILES string of the molecule is O=C(O)c1ccc(NC2=C/C(=N/S(=O)(=O)c3ccc(Cl)cc3)c3ccccc3C2=O)cc1. The predicted molar refractivity (Wildman–Crippen MR) is 121 cm³/mol. The number of allylic oxidation sites excluding steroid dienone is 2. The Balaban J connectivity index is 1.76. The molecule has 0 saturated carbocycles. The van der Waals surface area contributed by atoms with Gasteiger partial charge < -0.3 is 10.4 Å². The van der Waals surface area contributed by atoms with Gasteiger partial charge in [0.05, 0.1) is 21.9 Å². The Kier molecular flexibility index (Phi) is 5.65. The molecule has 2 N–H and O–H groups in total. The van der Waals surface area contributed by atoms with Gasteiger partial charge in [0.2, 0.25) is 5.78 Å². The van der Waals surface area contributed by atoms with Gasteiger partial charge in [-0.3, -0.25) is 4.79 Å². The number of Topliss-reactive ketones (excluding diaryl/α,β-unsaturated/α-hetero) is 1. The fourth-order valence-electron chi connectivity index (χ4n) is 3.14. The number of hydrogen-bond donors (Lipinski definition) is 2. The second kappa shape index (κ2) is 8.41. The predicted octanol–water partition coefficient (Wildman–Crippen LogP) is 4.41. The number of carbonyl (C=O) groups is 2. The molecule has 32 heavy (non-hydrogen) atoms. The van der Waals surface area contributed by atoms with Crippen molar-refractivity contribution < 1.29 is 23.1 Å². The molecule has 0 aromatic heterocycles. The van der Waals surface area contributed by atoms with Crippen molar-refractivity contribution in [2.24, 2.45) is 4.40 Å². The fraction of sp³-hybridized carbons (Fsp3) is 0. The van der Waals surface area contributed by atoms with Crippen LogP contribution in [0.15, 0.2) is 93.9 Å². The number of ketones is 1. The lowest BCUT2D eigenvalue weighted by molar-refractivity contribution is 0.0696. The smallest absolute Gasteiger partial charge is 0.335 e. The van der Waals surface area contributed by atoms with Gasteiger partial charge in [-0.1, -0.05) is 35.9 Å². The average molecular weight is 467 g/mol. The molecule has 0 aliphatic heterocycles. The van der Waals surface area contributed by atoms with Crippen LogP contribution in [0, 0.1) is 0 Å². The summed E-state index contributed by atoms with van der Waals surface area (Å²) in [4.78, 5) is 24.0. The molecular weight excluding hydrogens is 452 g/mol. The molecule has 0 radical (unpaired) electrons. The van der Waals surface area contributed by atoms with Crippen molar-refractivity contribution in [2.75, 3.05) is 5.32 Å². The van der Waals surface area contributed by atoms with Gasteiger partial charge in [-0.15, -0.1) is 0 Å². The van der Waals surface area contributed by atoms with Crippen molar-refractivity contribution >= 4 is 44.8 Å². The van der Waals surface area contributed by atoms with Crippen LogP contribution in [0.2, 0.25) is 5.02 Å². The fourth-order valence-corrected chi connectivity index (χ4v) is 4.26. The number of fused-ring (bicyclic) bond motifs is 1. The van der Waals surface area contributed by atoms with Crippen LogP contribution in [-0.4, -0.2) is 31.0 Å². The van der Waals surface area contributed by atoms with Crippen molar-refractivity contribution in [1.29, 1.82) is 0 Å². The molecular formula is C23H15ClN2O5S. The highest BCUT2D eigenvalue weighted by Gasteiger charge is 2.26. The number of anilines is 1. The first-order valence-electron chi connectivity index (χ1n) is 9.31. The highest BCUT2D eigenvalue weighted by atomic mass is 35.5. The number of rotatable bonds is 5. The molecule has 0 spiro atoms.